The maximum absolute atomic E-state index is 10.3. The molecule has 0 aromatic heterocycles. The van der Waals surface area contributed by atoms with Crippen molar-refractivity contribution < 1.29 is 9.84 Å². The van der Waals surface area contributed by atoms with Crippen LogP contribution in [-0.2, 0) is 4.74 Å². The van der Waals surface area contributed by atoms with Crippen molar-refractivity contribution in [2.45, 2.75) is 58.5 Å². The minimum atomic E-state index is -0.587. The molecule has 1 saturated carbocycles. The first-order chi connectivity index (χ1) is 10.1. The van der Waals surface area contributed by atoms with E-state index in [2.05, 4.69) is 29.5 Å². The molecule has 1 fully saturated rings. The number of halogens is 1. The van der Waals surface area contributed by atoms with Gasteiger partial charge in [0, 0.05) is 19.7 Å². The van der Waals surface area contributed by atoms with Gasteiger partial charge in [0.05, 0.1) is 18.8 Å². The van der Waals surface area contributed by atoms with Crippen LogP contribution in [0.25, 0.3) is 0 Å². The van der Waals surface area contributed by atoms with E-state index in [1.54, 1.807) is 0 Å². The molecule has 132 valence electrons. The van der Waals surface area contributed by atoms with Crippen molar-refractivity contribution >= 4 is 29.9 Å². The lowest BCUT2D eigenvalue weighted by Crippen LogP contribution is -2.40. The minimum absolute atomic E-state index is 0. The predicted molar refractivity (Wildman–Crippen MR) is 103 cm³/mol. The Kier molecular flexibility index (Phi) is 12.3. The highest BCUT2D eigenvalue weighted by Gasteiger charge is 2.30. The van der Waals surface area contributed by atoms with Crippen molar-refractivity contribution in [1.82, 2.24) is 10.6 Å². The van der Waals surface area contributed by atoms with Crippen molar-refractivity contribution in [3.8, 4) is 0 Å². The Labute approximate surface area is 152 Å². The Morgan fingerprint density at radius 1 is 1.23 bits per heavy atom. The molecule has 22 heavy (non-hydrogen) atoms. The van der Waals surface area contributed by atoms with E-state index in [9.17, 15) is 5.11 Å². The van der Waals surface area contributed by atoms with Gasteiger partial charge in [0.1, 0.15) is 0 Å². The predicted octanol–water partition coefficient (Wildman–Crippen LogP) is 2.53. The number of rotatable bonds is 9. The largest absolute Gasteiger partial charge is 0.388 e. The molecule has 1 aliphatic rings. The highest BCUT2D eigenvalue weighted by molar-refractivity contribution is 14.0. The molecule has 0 unspecified atom stereocenters. The summed E-state index contributed by atoms with van der Waals surface area (Å²) < 4.78 is 5.58. The monoisotopic (exact) mass is 427 g/mol. The van der Waals surface area contributed by atoms with E-state index in [-0.39, 0.29) is 24.0 Å². The van der Waals surface area contributed by atoms with Crippen LogP contribution < -0.4 is 10.6 Å². The SMILES string of the molecule is CCNC(=NCC1(O)CCCC1)NCCOCCC(C)C.I. The molecule has 1 rings (SSSR count). The summed E-state index contributed by atoms with van der Waals surface area (Å²) in [6, 6.07) is 0. The van der Waals surface area contributed by atoms with E-state index in [0.29, 0.717) is 19.1 Å². The standard InChI is InChI=1S/C16H33N3O2.HI/c1-4-17-15(18-10-12-21-11-7-14(2)3)19-13-16(20)8-5-6-9-16;/h14,20H,4-13H2,1-3H3,(H2,17,18,19);1H. The molecule has 3 N–H and O–H groups in total. The van der Waals surface area contributed by atoms with Gasteiger partial charge in [-0.2, -0.15) is 0 Å². The first kappa shape index (κ1) is 21.9. The van der Waals surface area contributed by atoms with E-state index < -0.39 is 5.60 Å². The molecular weight excluding hydrogens is 393 g/mol. The first-order valence-corrected chi connectivity index (χ1v) is 8.38. The van der Waals surface area contributed by atoms with E-state index in [4.69, 9.17) is 4.74 Å². The highest BCUT2D eigenvalue weighted by Crippen LogP contribution is 2.29. The molecule has 0 spiro atoms. The van der Waals surface area contributed by atoms with Gasteiger partial charge < -0.3 is 20.5 Å². The van der Waals surface area contributed by atoms with Crippen LogP contribution in [0.2, 0.25) is 0 Å². The molecule has 0 bridgehead atoms. The van der Waals surface area contributed by atoms with Crippen molar-refractivity contribution in [3.05, 3.63) is 0 Å². The number of aliphatic hydroxyl groups is 1. The third-order valence-electron chi connectivity index (χ3n) is 3.79. The molecular formula is C16H34IN3O2. The van der Waals surface area contributed by atoms with Crippen LogP contribution in [0, 0.1) is 5.92 Å². The van der Waals surface area contributed by atoms with Crippen LogP contribution in [0.15, 0.2) is 4.99 Å². The number of guanidine groups is 1. The van der Waals surface area contributed by atoms with Crippen molar-refractivity contribution in [3.63, 3.8) is 0 Å². The fourth-order valence-electron chi connectivity index (χ4n) is 2.42. The molecule has 0 heterocycles. The van der Waals surface area contributed by atoms with Gasteiger partial charge in [-0.15, -0.1) is 24.0 Å². The average Bonchev–Trinajstić information content (AvgIpc) is 2.87. The van der Waals surface area contributed by atoms with Crippen LogP contribution in [0.5, 0.6) is 0 Å². The Bertz CT molecular complexity index is 306. The van der Waals surface area contributed by atoms with Gasteiger partial charge in [-0.3, -0.25) is 4.99 Å². The number of aliphatic imine (C=N–C) groups is 1. The fourth-order valence-corrected chi connectivity index (χ4v) is 2.42. The van der Waals surface area contributed by atoms with Crippen LogP contribution in [0.1, 0.15) is 52.9 Å². The molecule has 1 aliphatic carbocycles. The Hall–Kier alpha value is -0.0800. The second-order valence-electron chi connectivity index (χ2n) is 6.35. The molecule has 0 aromatic rings. The lowest BCUT2D eigenvalue weighted by molar-refractivity contribution is 0.0574. The summed E-state index contributed by atoms with van der Waals surface area (Å²) in [6.45, 7) is 9.97. The molecule has 0 saturated heterocycles. The lowest BCUT2D eigenvalue weighted by Gasteiger charge is -2.20. The zero-order chi connectivity index (χ0) is 15.6. The normalized spacial score (nSPS) is 17.4. The Morgan fingerprint density at radius 3 is 2.50 bits per heavy atom. The van der Waals surface area contributed by atoms with Crippen LogP contribution >= 0.6 is 24.0 Å². The average molecular weight is 427 g/mol. The zero-order valence-corrected chi connectivity index (χ0v) is 16.7. The first-order valence-electron chi connectivity index (χ1n) is 8.38. The maximum Gasteiger partial charge on any atom is 0.191 e. The Balaban J connectivity index is 0.00000441. The van der Waals surface area contributed by atoms with Gasteiger partial charge in [0.2, 0.25) is 0 Å². The van der Waals surface area contributed by atoms with Crippen molar-refractivity contribution in [2.24, 2.45) is 10.9 Å². The van der Waals surface area contributed by atoms with E-state index >= 15 is 0 Å². The molecule has 0 aromatic carbocycles. The highest BCUT2D eigenvalue weighted by atomic mass is 127. The lowest BCUT2D eigenvalue weighted by atomic mass is 10.0. The number of ether oxygens (including phenoxy) is 1. The molecule has 0 amide bonds. The number of nitrogens with zero attached hydrogens (tertiary/aromatic N) is 1. The summed E-state index contributed by atoms with van der Waals surface area (Å²) in [7, 11) is 0. The van der Waals surface area contributed by atoms with Crippen LogP contribution in [0.3, 0.4) is 0 Å². The summed E-state index contributed by atoms with van der Waals surface area (Å²) in [4.78, 5) is 4.50. The molecule has 0 radical (unpaired) electrons. The van der Waals surface area contributed by atoms with Gasteiger partial charge in [0.25, 0.3) is 0 Å². The molecule has 0 aliphatic heterocycles. The number of nitrogens with one attached hydrogen (secondary N) is 2. The number of hydrogen-bond donors (Lipinski definition) is 3. The van der Waals surface area contributed by atoms with E-state index in [0.717, 1.165) is 57.8 Å². The van der Waals surface area contributed by atoms with Crippen molar-refractivity contribution in [1.29, 1.82) is 0 Å². The van der Waals surface area contributed by atoms with Gasteiger partial charge in [-0.25, -0.2) is 0 Å². The topological polar surface area (TPSA) is 65.9 Å². The summed E-state index contributed by atoms with van der Waals surface area (Å²) >= 11 is 0. The van der Waals surface area contributed by atoms with Gasteiger partial charge in [0.15, 0.2) is 5.96 Å². The second-order valence-corrected chi connectivity index (χ2v) is 6.35. The summed E-state index contributed by atoms with van der Waals surface area (Å²) in [5.74, 6) is 1.45. The van der Waals surface area contributed by atoms with Crippen LogP contribution in [-0.4, -0.2) is 49.5 Å². The minimum Gasteiger partial charge on any atom is -0.388 e. The third kappa shape index (κ3) is 9.84. The molecule has 6 heteroatoms. The summed E-state index contributed by atoms with van der Waals surface area (Å²) in [5, 5.41) is 16.8. The van der Waals surface area contributed by atoms with E-state index in [1.807, 2.05) is 6.92 Å². The number of hydrogen-bond acceptors (Lipinski definition) is 3. The molecule has 0 atom stereocenters. The fraction of sp³-hybridized carbons (Fsp3) is 0.938. The van der Waals surface area contributed by atoms with Crippen LogP contribution in [0.4, 0.5) is 0 Å². The quantitative estimate of drug-likeness (QED) is 0.229. The third-order valence-corrected chi connectivity index (χ3v) is 3.79. The Morgan fingerprint density at radius 2 is 1.91 bits per heavy atom. The molecule has 5 nitrogen and oxygen atoms in total. The summed E-state index contributed by atoms with van der Waals surface area (Å²) in [5.41, 5.74) is -0.587. The van der Waals surface area contributed by atoms with Gasteiger partial charge >= 0.3 is 0 Å². The zero-order valence-electron chi connectivity index (χ0n) is 14.4. The van der Waals surface area contributed by atoms with E-state index in [1.165, 1.54) is 0 Å². The maximum atomic E-state index is 10.3. The van der Waals surface area contributed by atoms with Gasteiger partial charge in [-0.05, 0) is 32.1 Å². The van der Waals surface area contributed by atoms with Crippen molar-refractivity contribution in [2.75, 3.05) is 32.8 Å². The van der Waals surface area contributed by atoms with Gasteiger partial charge in [-0.1, -0.05) is 26.7 Å². The summed E-state index contributed by atoms with van der Waals surface area (Å²) in [6.07, 6.45) is 5.06. The second kappa shape index (κ2) is 12.4. The smallest absolute Gasteiger partial charge is 0.191 e.